The Kier molecular flexibility index (Phi) is 2.96. The van der Waals surface area contributed by atoms with Crippen LogP contribution >= 0.6 is 0 Å². The summed E-state index contributed by atoms with van der Waals surface area (Å²) in [6, 6.07) is 10.1. The van der Waals surface area contributed by atoms with Crippen molar-refractivity contribution in [1.29, 1.82) is 0 Å². The van der Waals surface area contributed by atoms with Crippen molar-refractivity contribution >= 4 is 12.4 Å². The molecule has 1 aliphatic heterocycles. The Morgan fingerprint density at radius 3 is 2.69 bits per heavy atom. The van der Waals surface area contributed by atoms with E-state index in [0.717, 1.165) is 17.1 Å². The molecule has 1 aromatic carbocycles. The molecule has 0 bridgehead atoms. The predicted molar refractivity (Wildman–Crippen MR) is 67.3 cm³/mol. The van der Waals surface area contributed by atoms with Crippen LogP contribution in [0, 0.1) is 0 Å². The zero-order valence-electron chi connectivity index (χ0n) is 9.17. The van der Waals surface area contributed by atoms with Gasteiger partial charge in [-0.1, -0.05) is 30.3 Å². The van der Waals surface area contributed by atoms with Crippen molar-refractivity contribution in [2.24, 2.45) is 10.1 Å². The highest BCUT2D eigenvalue weighted by molar-refractivity contribution is 6.09. The van der Waals surface area contributed by atoms with E-state index >= 15 is 0 Å². The van der Waals surface area contributed by atoms with Crippen LogP contribution in [0.5, 0.6) is 0 Å². The molecule has 0 fully saturated rings. The second-order valence-electron chi connectivity index (χ2n) is 3.31. The van der Waals surface area contributed by atoms with Crippen molar-refractivity contribution in [2.45, 2.75) is 6.92 Å². The minimum atomic E-state index is 0.788. The van der Waals surface area contributed by atoms with Gasteiger partial charge in [0.15, 0.2) is 0 Å². The number of hydrazone groups is 1. The Balaban J connectivity index is 2.36. The van der Waals surface area contributed by atoms with E-state index in [1.165, 1.54) is 0 Å². The van der Waals surface area contributed by atoms with Crippen molar-refractivity contribution in [1.82, 2.24) is 5.01 Å². The topological polar surface area (TPSA) is 28.0 Å². The quantitative estimate of drug-likeness (QED) is 0.691. The van der Waals surface area contributed by atoms with Crippen LogP contribution < -0.4 is 0 Å². The molecule has 0 saturated carbocycles. The van der Waals surface area contributed by atoms with Crippen molar-refractivity contribution in [3.63, 3.8) is 0 Å². The van der Waals surface area contributed by atoms with E-state index in [4.69, 9.17) is 0 Å². The van der Waals surface area contributed by atoms with Gasteiger partial charge in [0, 0.05) is 18.5 Å². The summed E-state index contributed by atoms with van der Waals surface area (Å²) in [6.45, 7) is 5.42. The molecule has 0 N–H and O–H groups in total. The predicted octanol–water partition coefficient (Wildman–Crippen LogP) is 2.78. The van der Waals surface area contributed by atoms with Crippen LogP contribution in [0.2, 0.25) is 0 Å². The Bertz CT molecular complexity index is 469. The van der Waals surface area contributed by atoms with Crippen LogP contribution in [-0.2, 0) is 0 Å². The highest BCUT2D eigenvalue weighted by atomic mass is 15.5. The van der Waals surface area contributed by atoms with Gasteiger partial charge < -0.3 is 0 Å². The minimum absolute atomic E-state index is 0.788. The lowest BCUT2D eigenvalue weighted by Gasteiger charge is -2.18. The third-order valence-corrected chi connectivity index (χ3v) is 2.32. The van der Waals surface area contributed by atoms with E-state index < -0.39 is 0 Å². The van der Waals surface area contributed by atoms with Crippen molar-refractivity contribution in [2.75, 3.05) is 0 Å². The smallest absolute Gasteiger partial charge is 0.149 e. The monoisotopic (exact) mass is 211 g/mol. The first kappa shape index (κ1) is 10.4. The zero-order chi connectivity index (χ0) is 11.4. The Hall–Kier alpha value is -2.16. The number of hydrogen-bond donors (Lipinski definition) is 0. The molecule has 16 heavy (non-hydrogen) atoms. The maximum absolute atomic E-state index is 4.51. The molecular weight excluding hydrogens is 198 g/mol. The molecule has 0 unspecified atom stereocenters. The van der Waals surface area contributed by atoms with E-state index in [2.05, 4.69) is 16.8 Å². The third-order valence-electron chi connectivity index (χ3n) is 2.32. The molecule has 0 amide bonds. The number of nitrogens with zero attached hydrogens (tertiary/aromatic N) is 3. The summed E-state index contributed by atoms with van der Waals surface area (Å²) in [5.74, 6) is 0.788. The molecule has 2 rings (SSSR count). The molecule has 1 heterocycles. The van der Waals surface area contributed by atoms with Crippen LogP contribution in [-0.4, -0.2) is 17.4 Å². The maximum atomic E-state index is 4.51. The lowest BCUT2D eigenvalue weighted by atomic mass is 10.1. The van der Waals surface area contributed by atoms with Gasteiger partial charge in [-0.25, -0.2) is 10.0 Å². The zero-order valence-corrected chi connectivity index (χ0v) is 9.17. The summed E-state index contributed by atoms with van der Waals surface area (Å²) in [4.78, 5) is 4.51. The Labute approximate surface area is 95.1 Å². The van der Waals surface area contributed by atoms with E-state index in [1.807, 2.05) is 55.6 Å². The SMILES string of the molecule is C=NN1C=CC(c2ccccc2)=N/C1=C/C. The van der Waals surface area contributed by atoms with Gasteiger partial charge in [0.1, 0.15) is 5.82 Å². The van der Waals surface area contributed by atoms with Crippen LogP contribution in [0.25, 0.3) is 0 Å². The van der Waals surface area contributed by atoms with Gasteiger partial charge in [-0.3, -0.25) is 0 Å². The number of hydrogen-bond acceptors (Lipinski definition) is 3. The number of benzene rings is 1. The molecule has 0 radical (unpaired) electrons. The second-order valence-corrected chi connectivity index (χ2v) is 3.31. The van der Waals surface area contributed by atoms with Gasteiger partial charge in [-0.15, -0.1) is 0 Å². The van der Waals surface area contributed by atoms with E-state index in [1.54, 1.807) is 5.01 Å². The van der Waals surface area contributed by atoms with Crippen LogP contribution in [0.3, 0.4) is 0 Å². The fraction of sp³-hybridized carbons (Fsp3) is 0.0769. The molecule has 0 aliphatic carbocycles. The lowest BCUT2D eigenvalue weighted by molar-refractivity contribution is 0.492. The molecule has 3 nitrogen and oxygen atoms in total. The van der Waals surface area contributed by atoms with Gasteiger partial charge in [0.25, 0.3) is 0 Å². The van der Waals surface area contributed by atoms with Crippen molar-refractivity contribution in [3.05, 3.63) is 60.1 Å². The molecule has 80 valence electrons. The van der Waals surface area contributed by atoms with Gasteiger partial charge in [-0.2, -0.15) is 5.10 Å². The average Bonchev–Trinajstić information content (AvgIpc) is 2.39. The summed E-state index contributed by atoms with van der Waals surface area (Å²) in [5.41, 5.74) is 2.04. The highest BCUT2D eigenvalue weighted by Gasteiger charge is 2.10. The number of aliphatic imine (C=N–C) groups is 1. The molecule has 0 spiro atoms. The van der Waals surface area contributed by atoms with Gasteiger partial charge in [0.05, 0.1) is 5.71 Å². The van der Waals surface area contributed by atoms with Crippen LogP contribution in [0.15, 0.2) is 64.6 Å². The minimum Gasteiger partial charge on any atom is -0.229 e. The molecular formula is C13H13N3. The largest absolute Gasteiger partial charge is 0.229 e. The Morgan fingerprint density at radius 2 is 2.06 bits per heavy atom. The summed E-state index contributed by atoms with van der Waals surface area (Å²) < 4.78 is 0. The third kappa shape index (κ3) is 1.93. The highest BCUT2D eigenvalue weighted by Crippen LogP contribution is 2.16. The van der Waals surface area contributed by atoms with E-state index in [-0.39, 0.29) is 0 Å². The number of allylic oxidation sites excluding steroid dienone is 2. The lowest BCUT2D eigenvalue weighted by Crippen LogP contribution is -2.14. The fourth-order valence-corrected chi connectivity index (χ4v) is 1.52. The molecule has 0 atom stereocenters. The van der Waals surface area contributed by atoms with E-state index in [9.17, 15) is 0 Å². The second kappa shape index (κ2) is 4.57. The first-order valence-electron chi connectivity index (χ1n) is 5.09. The summed E-state index contributed by atoms with van der Waals surface area (Å²) in [6.07, 6.45) is 5.69. The normalized spacial score (nSPS) is 17.4. The summed E-state index contributed by atoms with van der Waals surface area (Å²) in [5, 5.41) is 5.49. The summed E-state index contributed by atoms with van der Waals surface area (Å²) in [7, 11) is 0. The molecule has 0 saturated heterocycles. The Morgan fingerprint density at radius 1 is 1.31 bits per heavy atom. The molecule has 1 aliphatic rings. The average molecular weight is 211 g/mol. The maximum Gasteiger partial charge on any atom is 0.149 e. The van der Waals surface area contributed by atoms with Crippen molar-refractivity contribution in [3.8, 4) is 0 Å². The van der Waals surface area contributed by atoms with E-state index in [0.29, 0.717) is 0 Å². The number of rotatable bonds is 2. The van der Waals surface area contributed by atoms with Gasteiger partial charge in [0.2, 0.25) is 0 Å². The van der Waals surface area contributed by atoms with Crippen LogP contribution in [0.1, 0.15) is 12.5 Å². The first-order chi connectivity index (χ1) is 7.85. The van der Waals surface area contributed by atoms with Crippen molar-refractivity contribution < 1.29 is 0 Å². The summed E-state index contributed by atoms with van der Waals surface area (Å²) >= 11 is 0. The standard InChI is InChI=1S/C13H13N3/c1-3-13-15-12(9-10-16(13)14-2)11-7-5-4-6-8-11/h3-10H,2H2,1H3/b13-3-. The van der Waals surface area contributed by atoms with Gasteiger partial charge >= 0.3 is 0 Å². The molecule has 0 aromatic heterocycles. The first-order valence-corrected chi connectivity index (χ1v) is 5.09. The van der Waals surface area contributed by atoms with Gasteiger partial charge in [-0.05, 0) is 19.1 Å². The fourth-order valence-electron chi connectivity index (χ4n) is 1.52. The molecule has 1 aromatic rings. The van der Waals surface area contributed by atoms with Crippen LogP contribution in [0.4, 0.5) is 0 Å². The molecule has 3 heteroatoms.